The van der Waals surface area contributed by atoms with Crippen LogP contribution < -0.4 is 5.32 Å². The van der Waals surface area contributed by atoms with Gasteiger partial charge in [0.25, 0.3) is 0 Å². The molecule has 5 heteroatoms. The maximum atomic E-state index is 12.5. The van der Waals surface area contributed by atoms with Crippen molar-refractivity contribution in [1.82, 2.24) is 9.62 Å². The largest absolute Gasteiger partial charge is 0.313 e. The molecular formula is C13H22N2O2S. The van der Waals surface area contributed by atoms with E-state index >= 15 is 0 Å². The highest BCUT2D eigenvalue weighted by Gasteiger charge is 2.23. The van der Waals surface area contributed by atoms with Crippen LogP contribution in [0.15, 0.2) is 29.2 Å². The smallest absolute Gasteiger partial charge is 0.243 e. The van der Waals surface area contributed by atoms with Crippen molar-refractivity contribution in [3.63, 3.8) is 0 Å². The van der Waals surface area contributed by atoms with Crippen LogP contribution in [-0.4, -0.2) is 32.4 Å². The van der Waals surface area contributed by atoms with Gasteiger partial charge in [0.2, 0.25) is 10.0 Å². The molecule has 1 rings (SSSR count). The fourth-order valence-electron chi connectivity index (χ4n) is 1.86. The van der Waals surface area contributed by atoms with Crippen LogP contribution in [0, 0.1) is 0 Å². The maximum Gasteiger partial charge on any atom is 0.243 e. The van der Waals surface area contributed by atoms with Gasteiger partial charge in [0.15, 0.2) is 0 Å². The Morgan fingerprint density at radius 2 is 1.72 bits per heavy atom. The minimum Gasteiger partial charge on any atom is -0.313 e. The van der Waals surface area contributed by atoms with Crippen molar-refractivity contribution in [2.24, 2.45) is 0 Å². The van der Waals surface area contributed by atoms with Gasteiger partial charge < -0.3 is 5.32 Å². The molecule has 102 valence electrons. The molecule has 0 aromatic heterocycles. The first-order chi connectivity index (χ1) is 8.57. The van der Waals surface area contributed by atoms with Gasteiger partial charge in [-0.15, -0.1) is 0 Å². The predicted octanol–water partition coefficient (Wildman–Crippen LogP) is 1.83. The molecule has 1 aromatic rings. The standard InChI is InChI=1S/C13H22N2O2S/c1-4-14-11-12-9-7-8-10-13(12)18(16,17)15(5-2)6-3/h7-10,14H,4-6,11H2,1-3H3. The average molecular weight is 270 g/mol. The monoisotopic (exact) mass is 270 g/mol. The van der Waals surface area contributed by atoms with E-state index in [2.05, 4.69) is 5.32 Å². The van der Waals surface area contributed by atoms with Crippen molar-refractivity contribution in [3.05, 3.63) is 29.8 Å². The first-order valence-corrected chi connectivity index (χ1v) is 7.80. The molecule has 0 aliphatic rings. The quantitative estimate of drug-likeness (QED) is 0.822. The van der Waals surface area contributed by atoms with Gasteiger partial charge in [-0.3, -0.25) is 0 Å². The van der Waals surface area contributed by atoms with Gasteiger partial charge in [0.05, 0.1) is 4.90 Å². The number of hydrogen-bond acceptors (Lipinski definition) is 3. The van der Waals surface area contributed by atoms with E-state index in [0.29, 0.717) is 24.5 Å². The van der Waals surface area contributed by atoms with Crippen LogP contribution in [-0.2, 0) is 16.6 Å². The Balaban J connectivity index is 3.15. The molecule has 18 heavy (non-hydrogen) atoms. The molecule has 0 saturated heterocycles. The van der Waals surface area contributed by atoms with E-state index in [4.69, 9.17) is 0 Å². The van der Waals surface area contributed by atoms with Crippen LogP contribution in [0.2, 0.25) is 0 Å². The van der Waals surface area contributed by atoms with Crippen molar-refractivity contribution in [1.29, 1.82) is 0 Å². The fraction of sp³-hybridized carbons (Fsp3) is 0.538. The average Bonchev–Trinajstić information content (AvgIpc) is 2.37. The zero-order chi connectivity index (χ0) is 13.6. The second-order valence-corrected chi connectivity index (χ2v) is 5.88. The molecule has 1 N–H and O–H groups in total. The van der Waals surface area contributed by atoms with Gasteiger partial charge >= 0.3 is 0 Å². The van der Waals surface area contributed by atoms with Gasteiger partial charge in [-0.1, -0.05) is 39.0 Å². The number of nitrogens with zero attached hydrogens (tertiary/aromatic N) is 1. The van der Waals surface area contributed by atoms with Crippen molar-refractivity contribution in [2.75, 3.05) is 19.6 Å². The Hall–Kier alpha value is -0.910. The molecule has 0 aliphatic heterocycles. The summed E-state index contributed by atoms with van der Waals surface area (Å²) in [5.74, 6) is 0. The van der Waals surface area contributed by atoms with Crippen molar-refractivity contribution in [2.45, 2.75) is 32.2 Å². The first kappa shape index (κ1) is 15.1. The molecule has 0 bridgehead atoms. The summed E-state index contributed by atoms with van der Waals surface area (Å²) in [7, 11) is -3.37. The third kappa shape index (κ3) is 3.31. The zero-order valence-corrected chi connectivity index (χ0v) is 12.1. The molecular weight excluding hydrogens is 248 g/mol. The van der Waals surface area contributed by atoms with E-state index < -0.39 is 10.0 Å². The third-order valence-electron chi connectivity index (χ3n) is 2.86. The highest BCUT2D eigenvalue weighted by molar-refractivity contribution is 7.89. The molecule has 0 amide bonds. The third-order valence-corrected chi connectivity index (χ3v) is 5.01. The second-order valence-electron chi connectivity index (χ2n) is 3.98. The molecule has 0 fully saturated rings. The molecule has 0 aliphatic carbocycles. The Labute approximate surface area is 110 Å². The summed E-state index contributed by atoms with van der Waals surface area (Å²) in [6, 6.07) is 7.18. The summed E-state index contributed by atoms with van der Waals surface area (Å²) in [6.45, 7) is 8.10. The van der Waals surface area contributed by atoms with Gasteiger partial charge in [0, 0.05) is 19.6 Å². The molecule has 0 radical (unpaired) electrons. The summed E-state index contributed by atoms with van der Waals surface area (Å²) < 4.78 is 26.4. The molecule has 0 spiro atoms. The number of rotatable bonds is 7. The van der Waals surface area contributed by atoms with E-state index in [1.54, 1.807) is 12.1 Å². The van der Waals surface area contributed by atoms with Crippen molar-refractivity contribution < 1.29 is 8.42 Å². The highest BCUT2D eigenvalue weighted by atomic mass is 32.2. The Morgan fingerprint density at radius 3 is 2.28 bits per heavy atom. The van der Waals surface area contributed by atoms with Crippen molar-refractivity contribution >= 4 is 10.0 Å². The number of hydrogen-bond donors (Lipinski definition) is 1. The van der Waals surface area contributed by atoms with Crippen LogP contribution in [0.1, 0.15) is 26.3 Å². The van der Waals surface area contributed by atoms with Gasteiger partial charge in [-0.2, -0.15) is 4.31 Å². The molecule has 0 unspecified atom stereocenters. The van der Waals surface area contributed by atoms with E-state index in [1.807, 2.05) is 32.9 Å². The number of sulfonamides is 1. The molecule has 0 saturated carbocycles. The minimum atomic E-state index is -3.37. The normalized spacial score (nSPS) is 12.0. The summed E-state index contributed by atoms with van der Waals surface area (Å²) in [4.78, 5) is 0.412. The number of nitrogens with one attached hydrogen (secondary N) is 1. The summed E-state index contributed by atoms with van der Waals surface area (Å²) in [5.41, 5.74) is 0.825. The van der Waals surface area contributed by atoms with Gasteiger partial charge in [-0.05, 0) is 18.2 Å². The molecule has 1 aromatic carbocycles. The van der Waals surface area contributed by atoms with Crippen LogP contribution in [0.5, 0.6) is 0 Å². The summed E-state index contributed by atoms with van der Waals surface area (Å²) in [6.07, 6.45) is 0. The lowest BCUT2D eigenvalue weighted by molar-refractivity contribution is 0.444. The highest BCUT2D eigenvalue weighted by Crippen LogP contribution is 2.19. The van der Waals surface area contributed by atoms with Crippen LogP contribution in [0.3, 0.4) is 0 Å². The van der Waals surface area contributed by atoms with Crippen LogP contribution >= 0.6 is 0 Å². The lowest BCUT2D eigenvalue weighted by Gasteiger charge is -2.20. The topological polar surface area (TPSA) is 49.4 Å². The zero-order valence-electron chi connectivity index (χ0n) is 11.3. The van der Waals surface area contributed by atoms with Crippen LogP contribution in [0.25, 0.3) is 0 Å². The second kappa shape index (κ2) is 6.87. The Kier molecular flexibility index (Phi) is 5.78. The van der Waals surface area contributed by atoms with Gasteiger partial charge in [-0.25, -0.2) is 8.42 Å². The maximum absolute atomic E-state index is 12.5. The SMILES string of the molecule is CCNCc1ccccc1S(=O)(=O)N(CC)CC. The Morgan fingerprint density at radius 1 is 1.11 bits per heavy atom. The molecule has 0 atom stereocenters. The first-order valence-electron chi connectivity index (χ1n) is 6.36. The van der Waals surface area contributed by atoms with E-state index in [-0.39, 0.29) is 0 Å². The predicted molar refractivity (Wildman–Crippen MR) is 73.9 cm³/mol. The summed E-state index contributed by atoms with van der Waals surface area (Å²) in [5, 5.41) is 3.17. The van der Waals surface area contributed by atoms with Gasteiger partial charge in [0.1, 0.15) is 0 Å². The lowest BCUT2D eigenvalue weighted by atomic mass is 10.2. The van der Waals surface area contributed by atoms with Crippen molar-refractivity contribution in [3.8, 4) is 0 Å². The molecule has 4 nitrogen and oxygen atoms in total. The minimum absolute atomic E-state index is 0.412. The fourth-order valence-corrected chi connectivity index (χ4v) is 3.54. The Bertz CT molecular complexity index is 468. The van der Waals surface area contributed by atoms with E-state index in [1.165, 1.54) is 4.31 Å². The van der Waals surface area contributed by atoms with E-state index in [9.17, 15) is 8.42 Å². The summed E-state index contributed by atoms with van der Waals surface area (Å²) >= 11 is 0. The molecule has 0 heterocycles. The number of benzene rings is 1. The lowest BCUT2D eigenvalue weighted by Crippen LogP contribution is -2.31. The van der Waals surface area contributed by atoms with E-state index in [0.717, 1.165) is 12.1 Å². The van der Waals surface area contributed by atoms with Crippen LogP contribution in [0.4, 0.5) is 0 Å².